The number of fused-ring (bicyclic) bond motifs is 1. The number of nitrogens with one attached hydrogen (secondary N) is 3. The number of nitrogen functional groups attached to an aromatic ring is 1. The van der Waals surface area contributed by atoms with Crippen LogP contribution in [0.4, 0.5) is 39.5 Å². The molecule has 0 saturated heterocycles. The van der Waals surface area contributed by atoms with E-state index in [0.717, 1.165) is 30.8 Å². The van der Waals surface area contributed by atoms with Gasteiger partial charge in [-0.1, -0.05) is 26.0 Å². The first-order chi connectivity index (χ1) is 18.6. The maximum atomic E-state index is 14.0. The van der Waals surface area contributed by atoms with Gasteiger partial charge in [-0.3, -0.25) is 5.10 Å². The SMILES string of the molecule is CCN(CC)CCOc1ccc(-c2ccc(NC(=O)Nc3cc(C(F)(F)F)ccc3F)cc2)c2c(N)n[nH]c12. The van der Waals surface area contributed by atoms with Gasteiger partial charge in [0, 0.05) is 12.2 Å². The van der Waals surface area contributed by atoms with E-state index in [1.165, 1.54) is 0 Å². The number of nitrogens with zero attached hydrogens (tertiary/aromatic N) is 2. The largest absolute Gasteiger partial charge is 0.490 e. The molecule has 1 aromatic heterocycles. The molecule has 0 saturated carbocycles. The standard InChI is InChI=1S/C27H28F4N6O2/c1-3-37(4-2)13-14-39-22-12-10-19(23-24(22)35-36-25(23)32)16-5-8-18(9-6-16)33-26(38)34-21-15-17(27(29,30)31)7-11-20(21)28/h5-12,15H,3-4,13-14H2,1-2H3,(H3,32,35,36)(H2,33,34,38). The first-order valence-electron chi connectivity index (χ1n) is 12.3. The van der Waals surface area contributed by atoms with Crippen molar-refractivity contribution in [1.82, 2.24) is 15.1 Å². The van der Waals surface area contributed by atoms with Gasteiger partial charge in [0.25, 0.3) is 0 Å². The Morgan fingerprint density at radius 1 is 1.05 bits per heavy atom. The molecular weight excluding hydrogens is 516 g/mol. The summed E-state index contributed by atoms with van der Waals surface area (Å²) >= 11 is 0. The molecule has 39 heavy (non-hydrogen) atoms. The third-order valence-corrected chi connectivity index (χ3v) is 6.27. The Hall–Kier alpha value is -4.32. The number of amides is 2. The van der Waals surface area contributed by atoms with Crippen LogP contribution in [0.25, 0.3) is 22.0 Å². The minimum Gasteiger partial charge on any atom is -0.490 e. The van der Waals surface area contributed by atoms with E-state index >= 15 is 0 Å². The summed E-state index contributed by atoms with van der Waals surface area (Å²) in [6.45, 7) is 7.33. The summed E-state index contributed by atoms with van der Waals surface area (Å²) in [6.07, 6.45) is -4.67. The van der Waals surface area contributed by atoms with Crippen LogP contribution in [0.3, 0.4) is 0 Å². The number of rotatable bonds is 9. The fourth-order valence-electron chi connectivity index (χ4n) is 4.13. The molecule has 0 spiro atoms. The van der Waals surface area contributed by atoms with E-state index < -0.39 is 29.3 Å². The Labute approximate surface area is 222 Å². The fraction of sp³-hybridized carbons (Fsp3) is 0.259. The smallest absolute Gasteiger partial charge is 0.416 e. The molecule has 4 aromatic rings. The summed E-state index contributed by atoms with van der Waals surface area (Å²) in [5.41, 5.74) is 7.05. The zero-order valence-corrected chi connectivity index (χ0v) is 21.3. The van der Waals surface area contributed by atoms with Gasteiger partial charge < -0.3 is 26.0 Å². The molecule has 0 aliphatic rings. The van der Waals surface area contributed by atoms with Crippen molar-refractivity contribution in [2.45, 2.75) is 20.0 Å². The molecule has 0 fully saturated rings. The Morgan fingerprint density at radius 3 is 2.44 bits per heavy atom. The number of H-pyrrole nitrogens is 1. The third kappa shape index (κ3) is 6.40. The predicted molar refractivity (Wildman–Crippen MR) is 143 cm³/mol. The van der Waals surface area contributed by atoms with E-state index in [2.05, 4.69) is 39.6 Å². The van der Waals surface area contributed by atoms with Crippen LogP contribution in [0.2, 0.25) is 0 Å². The molecule has 0 atom stereocenters. The maximum Gasteiger partial charge on any atom is 0.416 e. The van der Waals surface area contributed by atoms with Crippen molar-refractivity contribution in [1.29, 1.82) is 0 Å². The molecule has 0 radical (unpaired) electrons. The van der Waals surface area contributed by atoms with Gasteiger partial charge in [-0.25, -0.2) is 9.18 Å². The number of nitrogens with two attached hydrogens (primary N) is 1. The molecule has 206 valence electrons. The molecule has 0 aliphatic heterocycles. The summed E-state index contributed by atoms with van der Waals surface area (Å²) in [6, 6.07) is 11.3. The summed E-state index contributed by atoms with van der Waals surface area (Å²) in [7, 11) is 0. The Balaban J connectivity index is 1.48. The van der Waals surface area contributed by atoms with E-state index in [4.69, 9.17) is 10.5 Å². The number of carbonyl (C=O) groups is 1. The lowest BCUT2D eigenvalue weighted by molar-refractivity contribution is -0.137. The number of ether oxygens (including phenoxy) is 1. The van der Waals surface area contributed by atoms with Crippen LogP contribution >= 0.6 is 0 Å². The topological polar surface area (TPSA) is 108 Å². The van der Waals surface area contributed by atoms with Crippen LogP contribution in [0.15, 0.2) is 54.6 Å². The van der Waals surface area contributed by atoms with Gasteiger partial charge in [-0.05, 0) is 66.7 Å². The van der Waals surface area contributed by atoms with Gasteiger partial charge in [0.05, 0.1) is 16.6 Å². The normalized spacial score (nSPS) is 11.7. The quantitative estimate of drug-likeness (QED) is 0.184. The van der Waals surface area contributed by atoms with Crippen LogP contribution in [0, 0.1) is 5.82 Å². The highest BCUT2D eigenvalue weighted by Gasteiger charge is 2.31. The lowest BCUT2D eigenvalue weighted by atomic mass is 10.0. The number of aromatic nitrogens is 2. The number of halogens is 4. The molecule has 0 bridgehead atoms. The van der Waals surface area contributed by atoms with Crippen molar-refractivity contribution in [3.05, 3.63) is 66.0 Å². The number of hydrogen-bond donors (Lipinski definition) is 4. The van der Waals surface area contributed by atoms with Gasteiger partial charge in [0.2, 0.25) is 0 Å². The summed E-state index contributed by atoms with van der Waals surface area (Å²) < 4.78 is 58.7. The van der Waals surface area contributed by atoms with E-state index in [1.54, 1.807) is 24.3 Å². The monoisotopic (exact) mass is 544 g/mol. The van der Waals surface area contributed by atoms with Crippen molar-refractivity contribution >= 4 is 34.1 Å². The zero-order chi connectivity index (χ0) is 28.2. The Morgan fingerprint density at radius 2 is 1.77 bits per heavy atom. The minimum absolute atomic E-state index is 0.305. The lowest BCUT2D eigenvalue weighted by Gasteiger charge is -2.18. The number of benzene rings is 3. The van der Waals surface area contributed by atoms with Gasteiger partial charge in [0.1, 0.15) is 23.7 Å². The number of hydrogen-bond acceptors (Lipinski definition) is 5. The molecule has 1 heterocycles. The highest BCUT2D eigenvalue weighted by atomic mass is 19.4. The number of aromatic amines is 1. The second-order valence-electron chi connectivity index (χ2n) is 8.69. The number of carbonyl (C=O) groups excluding carboxylic acids is 1. The molecule has 0 unspecified atom stereocenters. The van der Waals surface area contributed by atoms with Gasteiger partial charge >= 0.3 is 12.2 Å². The third-order valence-electron chi connectivity index (χ3n) is 6.27. The minimum atomic E-state index is -4.67. The van der Waals surface area contributed by atoms with Crippen molar-refractivity contribution < 1.29 is 27.1 Å². The van der Waals surface area contributed by atoms with Crippen molar-refractivity contribution in [2.75, 3.05) is 42.6 Å². The van der Waals surface area contributed by atoms with Crippen molar-refractivity contribution in [3.63, 3.8) is 0 Å². The lowest BCUT2D eigenvalue weighted by Crippen LogP contribution is -2.27. The van der Waals surface area contributed by atoms with Gasteiger partial charge in [0.15, 0.2) is 5.82 Å². The summed E-state index contributed by atoms with van der Waals surface area (Å²) in [5, 5.41) is 12.4. The molecule has 8 nitrogen and oxygen atoms in total. The molecule has 2 amide bonds. The van der Waals surface area contributed by atoms with Crippen molar-refractivity contribution in [2.24, 2.45) is 0 Å². The highest BCUT2D eigenvalue weighted by Crippen LogP contribution is 2.37. The Kier molecular flexibility index (Phi) is 8.24. The molecular formula is C27H28F4N6O2. The van der Waals surface area contributed by atoms with Crippen LogP contribution < -0.4 is 21.1 Å². The molecule has 12 heteroatoms. The van der Waals surface area contributed by atoms with E-state index in [9.17, 15) is 22.4 Å². The van der Waals surface area contributed by atoms with Crippen LogP contribution in [-0.4, -0.2) is 47.4 Å². The van der Waals surface area contributed by atoms with Crippen LogP contribution in [-0.2, 0) is 6.18 Å². The Bertz CT molecular complexity index is 1450. The summed E-state index contributed by atoms with van der Waals surface area (Å²) in [5.74, 6) is -0.0588. The van der Waals surface area contributed by atoms with Crippen molar-refractivity contribution in [3.8, 4) is 16.9 Å². The first-order valence-corrected chi connectivity index (χ1v) is 12.3. The van der Waals surface area contributed by atoms with Crippen LogP contribution in [0.1, 0.15) is 19.4 Å². The first kappa shape index (κ1) is 27.7. The number of anilines is 3. The van der Waals surface area contributed by atoms with E-state index in [-0.39, 0.29) is 0 Å². The number of alkyl halides is 3. The second kappa shape index (κ2) is 11.6. The zero-order valence-electron chi connectivity index (χ0n) is 21.3. The molecule has 3 aromatic carbocycles. The number of likely N-dealkylation sites (N-methyl/N-ethyl adjacent to an activating group) is 1. The molecule has 5 N–H and O–H groups in total. The highest BCUT2D eigenvalue weighted by molar-refractivity contribution is 6.04. The van der Waals surface area contributed by atoms with E-state index in [1.807, 2.05) is 12.1 Å². The van der Waals surface area contributed by atoms with Gasteiger partial charge in [-0.2, -0.15) is 18.3 Å². The van der Waals surface area contributed by atoms with E-state index in [0.29, 0.717) is 53.0 Å². The fourth-order valence-corrected chi connectivity index (χ4v) is 4.13. The second-order valence-corrected chi connectivity index (χ2v) is 8.69. The summed E-state index contributed by atoms with van der Waals surface area (Å²) in [4.78, 5) is 14.6. The van der Waals surface area contributed by atoms with Crippen LogP contribution in [0.5, 0.6) is 5.75 Å². The average molecular weight is 545 g/mol. The average Bonchev–Trinajstić information content (AvgIpc) is 3.30. The predicted octanol–water partition coefficient (Wildman–Crippen LogP) is 6.33. The molecule has 4 rings (SSSR count). The van der Waals surface area contributed by atoms with Gasteiger partial charge in [-0.15, -0.1) is 0 Å². The maximum absolute atomic E-state index is 14.0. The molecule has 0 aliphatic carbocycles. The number of urea groups is 1.